The summed E-state index contributed by atoms with van der Waals surface area (Å²) in [6.07, 6.45) is 0. The number of sulfonamides is 1. The van der Waals surface area contributed by atoms with Crippen LogP contribution in [0, 0.1) is 0 Å². The Morgan fingerprint density at radius 3 is 2.50 bits per heavy atom. The summed E-state index contributed by atoms with van der Waals surface area (Å²) in [5.74, 6) is -1.65. The SMILES string of the molecule is CCOC(=O)c1nc(CS(N)(=O)=O)sc1C(C)=O. The lowest BCUT2D eigenvalue weighted by atomic mass is 10.3. The number of nitrogens with zero attached hydrogens (tertiary/aromatic N) is 1. The van der Waals surface area contributed by atoms with Gasteiger partial charge in [0.1, 0.15) is 15.6 Å². The van der Waals surface area contributed by atoms with Crippen LogP contribution in [0.3, 0.4) is 0 Å². The number of ketones is 1. The van der Waals surface area contributed by atoms with E-state index in [1.54, 1.807) is 6.92 Å². The van der Waals surface area contributed by atoms with Crippen LogP contribution >= 0.6 is 11.3 Å². The molecule has 0 aromatic carbocycles. The topological polar surface area (TPSA) is 116 Å². The van der Waals surface area contributed by atoms with Crippen LogP contribution in [0.15, 0.2) is 0 Å². The van der Waals surface area contributed by atoms with Crippen molar-refractivity contribution in [2.45, 2.75) is 19.6 Å². The zero-order chi connectivity index (χ0) is 13.9. The molecule has 0 atom stereocenters. The van der Waals surface area contributed by atoms with Gasteiger partial charge in [-0.15, -0.1) is 11.3 Å². The fraction of sp³-hybridized carbons (Fsp3) is 0.444. The molecular weight excluding hydrogens is 280 g/mol. The highest BCUT2D eigenvalue weighted by Crippen LogP contribution is 2.21. The van der Waals surface area contributed by atoms with Crippen LogP contribution < -0.4 is 5.14 Å². The maximum atomic E-state index is 11.5. The van der Waals surface area contributed by atoms with E-state index in [9.17, 15) is 18.0 Å². The van der Waals surface area contributed by atoms with Gasteiger partial charge in [0.2, 0.25) is 10.0 Å². The normalized spacial score (nSPS) is 11.3. The summed E-state index contributed by atoms with van der Waals surface area (Å²) in [5, 5.41) is 4.96. The second-order valence-electron chi connectivity index (χ2n) is 3.37. The molecule has 0 spiro atoms. The van der Waals surface area contributed by atoms with Crippen molar-refractivity contribution in [2.75, 3.05) is 6.61 Å². The number of Topliss-reactive ketones (excluding diaryl/α,β-unsaturated/α-hetero) is 1. The van der Waals surface area contributed by atoms with E-state index in [4.69, 9.17) is 9.88 Å². The van der Waals surface area contributed by atoms with Gasteiger partial charge in [0.05, 0.1) is 6.61 Å². The minimum Gasteiger partial charge on any atom is -0.461 e. The van der Waals surface area contributed by atoms with Gasteiger partial charge in [-0.25, -0.2) is 23.3 Å². The van der Waals surface area contributed by atoms with Crippen LogP contribution in [0.5, 0.6) is 0 Å². The average molecular weight is 292 g/mol. The predicted molar refractivity (Wildman–Crippen MR) is 64.9 cm³/mol. The smallest absolute Gasteiger partial charge is 0.358 e. The highest BCUT2D eigenvalue weighted by Gasteiger charge is 2.23. The summed E-state index contributed by atoms with van der Waals surface area (Å²) < 4.78 is 26.6. The molecule has 7 nitrogen and oxygen atoms in total. The van der Waals surface area contributed by atoms with Gasteiger partial charge in [-0.3, -0.25) is 4.79 Å². The van der Waals surface area contributed by atoms with E-state index >= 15 is 0 Å². The highest BCUT2D eigenvalue weighted by molar-refractivity contribution is 7.88. The Morgan fingerprint density at radius 2 is 2.06 bits per heavy atom. The van der Waals surface area contributed by atoms with E-state index in [2.05, 4.69) is 4.98 Å². The molecule has 0 bridgehead atoms. The van der Waals surface area contributed by atoms with Gasteiger partial charge in [-0.1, -0.05) is 0 Å². The number of thiazole rings is 1. The van der Waals surface area contributed by atoms with Crippen LogP contribution in [-0.4, -0.2) is 31.8 Å². The first-order valence-electron chi connectivity index (χ1n) is 4.92. The lowest BCUT2D eigenvalue weighted by molar-refractivity contribution is 0.0517. The Kier molecular flexibility index (Phi) is 4.54. The molecular formula is C9H12N2O5S2. The molecule has 9 heteroatoms. The van der Waals surface area contributed by atoms with Crippen LogP contribution in [0.2, 0.25) is 0 Å². The van der Waals surface area contributed by atoms with Gasteiger partial charge in [0.25, 0.3) is 0 Å². The third-order valence-corrected chi connectivity index (χ3v) is 3.80. The van der Waals surface area contributed by atoms with Crippen molar-refractivity contribution >= 4 is 33.1 Å². The molecule has 1 aromatic heterocycles. The van der Waals surface area contributed by atoms with Gasteiger partial charge in [0.15, 0.2) is 11.5 Å². The molecule has 0 saturated heterocycles. The molecule has 1 aromatic rings. The van der Waals surface area contributed by atoms with Crippen LogP contribution in [0.1, 0.15) is 39.0 Å². The molecule has 0 aliphatic heterocycles. The first-order chi connectivity index (χ1) is 8.24. The summed E-state index contributed by atoms with van der Waals surface area (Å²) in [5.41, 5.74) is -0.159. The van der Waals surface area contributed by atoms with Crippen LogP contribution in [0.25, 0.3) is 0 Å². The summed E-state index contributed by atoms with van der Waals surface area (Å²) in [4.78, 5) is 26.7. The standard InChI is InChI=1S/C9H12N2O5S2/c1-3-16-9(13)7-8(5(2)12)17-6(11-7)4-18(10,14)15/h3-4H2,1-2H3,(H2,10,14,15). The number of ether oxygens (including phenoxy) is 1. The quantitative estimate of drug-likeness (QED) is 0.616. The van der Waals surface area contributed by atoms with Crippen molar-refractivity contribution in [3.8, 4) is 0 Å². The number of primary sulfonamides is 1. The van der Waals surface area contributed by atoms with Crippen molar-refractivity contribution < 1.29 is 22.7 Å². The summed E-state index contributed by atoms with van der Waals surface area (Å²) in [7, 11) is -3.76. The fourth-order valence-electron chi connectivity index (χ4n) is 1.17. The van der Waals surface area contributed by atoms with E-state index in [0.29, 0.717) is 0 Å². The zero-order valence-corrected chi connectivity index (χ0v) is 11.4. The number of aromatic nitrogens is 1. The number of esters is 1. The summed E-state index contributed by atoms with van der Waals surface area (Å²) >= 11 is 0.828. The highest BCUT2D eigenvalue weighted by atomic mass is 32.2. The molecule has 0 aliphatic carbocycles. The molecule has 1 heterocycles. The fourth-order valence-corrected chi connectivity index (χ4v) is 3.05. The molecule has 18 heavy (non-hydrogen) atoms. The van der Waals surface area contributed by atoms with E-state index in [0.717, 1.165) is 11.3 Å². The second-order valence-corrected chi connectivity index (χ2v) is 6.07. The molecule has 1 rings (SSSR count). The number of carbonyl (C=O) groups is 2. The average Bonchev–Trinajstić information content (AvgIpc) is 2.59. The Morgan fingerprint density at radius 1 is 1.44 bits per heavy atom. The number of rotatable bonds is 5. The maximum Gasteiger partial charge on any atom is 0.358 e. The zero-order valence-electron chi connectivity index (χ0n) is 9.80. The summed E-state index contributed by atoms with van der Waals surface area (Å²) in [6.45, 7) is 3.01. The Labute approximate surface area is 108 Å². The Hall–Kier alpha value is -1.32. The maximum absolute atomic E-state index is 11.5. The number of hydrogen-bond acceptors (Lipinski definition) is 7. The van der Waals surface area contributed by atoms with Crippen molar-refractivity contribution in [1.29, 1.82) is 0 Å². The van der Waals surface area contributed by atoms with Crippen molar-refractivity contribution in [1.82, 2.24) is 4.98 Å². The van der Waals surface area contributed by atoms with Crippen molar-refractivity contribution in [3.05, 3.63) is 15.6 Å². The van der Waals surface area contributed by atoms with Gasteiger partial charge in [-0.2, -0.15) is 0 Å². The molecule has 100 valence electrons. The monoisotopic (exact) mass is 292 g/mol. The number of nitrogens with two attached hydrogens (primary N) is 1. The minimum absolute atomic E-state index is 0.0760. The van der Waals surface area contributed by atoms with E-state index in [1.165, 1.54) is 6.92 Å². The minimum atomic E-state index is -3.76. The molecule has 0 fully saturated rings. The van der Waals surface area contributed by atoms with E-state index < -0.39 is 21.7 Å². The van der Waals surface area contributed by atoms with Gasteiger partial charge in [-0.05, 0) is 6.92 Å². The van der Waals surface area contributed by atoms with Crippen LogP contribution in [-0.2, 0) is 20.5 Å². The van der Waals surface area contributed by atoms with Gasteiger partial charge >= 0.3 is 5.97 Å². The first kappa shape index (κ1) is 14.7. The Bertz CT molecular complexity index is 576. The molecule has 0 aliphatic rings. The molecule has 0 unspecified atom stereocenters. The lowest BCUT2D eigenvalue weighted by Gasteiger charge is -1.98. The molecule has 2 N–H and O–H groups in total. The molecule has 0 saturated carbocycles. The third-order valence-electron chi connectivity index (χ3n) is 1.78. The largest absolute Gasteiger partial charge is 0.461 e. The lowest BCUT2D eigenvalue weighted by Crippen LogP contribution is -2.14. The van der Waals surface area contributed by atoms with Crippen LogP contribution in [0.4, 0.5) is 0 Å². The second kappa shape index (κ2) is 5.55. The van der Waals surface area contributed by atoms with E-state index in [1.807, 2.05) is 0 Å². The third kappa shape index (κ3) is 3.86. The number of carbonyl (C=O) groups excluding carboxylic acids is 2. The predicted octanol–water partition coefficient (Wildman–Crippen LogP) is 0.311. The number of hydrogen-bond donors (Lipinski definition) is 1. The molecule has 0 radical (unpaired) electrons. The van der Waals surface area contributed by atoms with Crippen molar-refractivity contribution in [3.63, 3.8) is 0 Å². The van der Waals surface area contributed by atoms with E-state index in [-0.39, 0.29) is 28.0 Å². The first-order valence-corrected chi connectivity index (χ1v) is 7.46. The van der Waals surface area contributed by atoms with Gasteiger partial charge in [0, 0.05) is 6.92 Å². The van der Waals surface area contributed by atoms with Gasteiger partial charge < -0.3 is 4.74 Å². The van der Waals surface area contributed by atoms with Crippen molar-refractivity contribution in [2.24, 2.45) is 5.14 Å². The molecule has 0 amide bonds. The summed E-state index contributed by atoms with van der Waals surface area (Å²) in [6, 6.07) is 0. The Balaban J connectivity index is 3.17.